The van der Waals surface area contributed by atoms with Gasteiger partial charge in [-0.05, 0) is 32.6 Å². The molecule has 33 heavy (non-hydrogen) atoms. The fourth-order valence-corrected chi connectivity index (χ4v) is 4.28. The number of amides is 1. The number of carbonyl (C=O) groups excluding carboxylic acids is 1. The van der Waals surface area contributed by atoms with E-state index < -0.39 is 5.82 Å². The Hall–Kier alpha value is -3.89. The Kier molecular flexibility index (Phi) is 5.45. The molecule has 11 heteroatoms. The van der Waals surface area contributed by atoms with E-state index in [1.165, 1.54) is 6.33 Å². The lowest BCUT2D eigenvalue weighted by atomic mass is 9.91. The second-order valence-electron chi connectivity index (χ2n) is 8.19. The standard InChI is InChI=1S/C22H23FN8O2/c1-11-18(28-12(2)33-11)22(32)30-14-5-3-4-13(6-14)29-21-17(23)9-26-20(31-21)16-8-25-19-15(16)7-24-10-27-19/h7-10,13-14H,3-6H2,1-2H3,(H,30,32)(H,24,25,27)(H,26,29,31). The number of aromatic amines is 1. The third-order valence-electron chi connectivity index (χ3n) is 5.81. The van der Waals surface area contributed by atoms with Gasteiger partial charge in [0.15, 0.2) is 29.0 Å². The summed E-state index contributed by atoms with van der Waals surface area (Å²) in [5.41, 5.74) is 1.66. The number of hydrogen-bond acceptors (Lipinski definition) is 8. The number of nitrogens with zero attached hydrogens (tertiary/aromatic N) is 5. The van der Waals surface area contributed by atoms with Gasteiger partial charge in [-0.2, -0.15) is 0 Å². The molecule has 4 heterocycles. The highest BCUT2D eigenvalue weighted by molar-refractivity contribution is 5.93. The van der Waals surface area contributed by atoms with E-state index in [-0.39, 0.29) is 23.8 Å². The average molecular weight is 450 g/mol. The first kappa shape index (κ1) is 21.0. The maximum atomic E-state index is 14.5. The zero-order valence-electron chi connectivity index (χ0n) is 18.2. The minimum absolute atomic E-state index is 0.0484. The first-order chi connectivity index (χ1) is 16.0. The molecule has 4 aromatic heterocycles. The van der Waals surface area contributed by atoms with E-state index in [0.717, 1.165) is 30.8 Å². The van der Waals surface area contributed by atoms with Crippen LogP contribution in [0.3, 0.4) is 0 Å². The number of aromatic nitrogens is 6. The molecule has 1 saturated carbocycles. The highest BCUT2D eigenvalue weighted by atomic mass is 19.1. The first-order valence-corrected chi connectivity index (χ1v) is 10.8. The van der Waals surface area contributed by atoms with Crippen LogP contribution in [0.4, 0.5) is 10.2 Å². The predicted octanol–water partition coefficient (Wildman–Crippen LogP) is 3.31. The summed E-state index contributed by atoms with van der Waals surface area (Å²) in [6.07, 6.45) is 9.22. The van der Waals surface area contributed by atoms with Crippen LogP contribution in [0.15, 0.2) is 29.3 Å². The van der Waals surface area contributed by atoms with Gasteiger partial charge in [0.1, 0.15) is 17.7 Å². The van der Waals surface area contributed by atoms with Crippen molar-refractivity contribution in [1.82, 2.24) is 35.2 Å². The number of aryl methyl sites for hydroxylation is 2. The monoisotopic (exact) mass is 450 g/mol. The number of oxazole rings is 1. The van der Waals surface area contributed by atoms with Crippen molar-refractivity contribution in [2.24, 2.45) is 0 Å². The number of H-pyrrole nitrogens is 1. The molecule has 1 amide bonds. The lowest BCUT2D eigenvalue weighted by Crippen LogP contribution is -2.42. The van der Waals surface area contributed by atoms with E-state index in [2.05, 4.69) is 40.5 Å². The summed E-state index contributed by atoms with van der Waals surface area (Å²) in [6, 6.07) is -0.108. The van der Waals surface area contributed by atoms with Gasteiger partial charge in [0.2, 0.25) is 0 Å². The zero-order chi connectivity index (χ0) is 22.9. The maximum absolute atomic E-state index is 14.5. The Balaban J connectivity index is 1.30. The van der Waals surface area contributed by atoms with Crippen molar-refractivity contribution < 1.29 is 13.6 Å². The van der Waals surface area contributed by atoms with E-state index in [0.29, 0.717) is 40.8 Å². The maximum Gasteiger partial charge on any atom is 0.273 e. The molecule has 10 nitrogen and oxygen atoms in total. The molecule has 2 atom stereocenters. The van der Waals surface area contributed by atoms with Crippen molar-refractivity contribution in [3.05, 3.63) is 48.1 Å². The first-order valence-electron chi connectivity index (χ1n) is 10.8. The fourth-order valence-electron chi connectivity index (χ4n) is 4.28. The third kappa shape index (κ3) is 4.26. The van der Waals surface area contributed by atoms with Crippen LogP contribution < -0.4 is 10.6 Å². The van der Waals surface area contributed by atoms with Crippen LogP contribution >= 0.6 is 0 Å². The molecule has 0 aromatic carbocycles. The largest absolute Gasteiger partial charge is 0.445 e. The van der Waals surface area contributed by atoms with Crippen LogP contribution in [0.2, 0.25) is 0 Å². The van der Waals surface area contributed by atoms with Gasteiger partial charge >= 0.3 is 0 Å². The van der Waals surface area contributed by atoms with Gasteiger partial charge in [-0.25, -0.2) is 29.3 Å². The lowest BCUT2D eigenvalue weighted by Gasteiger charge is -2.30. The molecule has 1 aliphatic rings. The quantitative estimate of drug-likeness (QED) is 0.422. The smallest absolute Gasteiger partial charge is 0.273 e. The van der Waals surface area contributed by atoms with Gasteiger partial charge in [0.25, 0.3) is 5.91 Å². The number of halogens is 1. The molecule has 0 saturated heterocycles. The van der Waals surface area contributed by atoms with Gasteiger partial charge in [-0.1, -0.05) is 0 Å². The minimum Gasteiger partial charge on any atom is -0.445 e. The van der Waals surface area contributed by atoms with Crippen molar-refractivity contribution >= 4 is 22.8 Å². The van der Waals surface area contributed by atoms with E-state index in [1.807, 2.05) is 0 Å². The summed E-state index contributed by atoms with van der Waals surface area (Å²) in [5, 5.41) is 6.99. The van der Waals surface area contributed by atoms with E-state index in [9.17, 15) is 9.18 Å². The Morgan fingerprint density at radius 3 is 2.85 bits per heavy atom. The normalized spacial score (nSPS) is 18.4. The molecule has 2 unspecified atom stereocenters. The number of rotatable bonds is 5. The molecular formula is C22H23FN8O2. The molecule has 5 rings (SSSR count). The molecule has 4 aromatic rings. The molecule has 0 radical (unpaired) electrons. The van der Waals surface area contributed by atoms with Crippen molar-refractivity contribution in [3.8, 4) is 11.4 Å². The van der Waals surface area contributed by atoms with Crippen LogP contribution in [0.1, 0.15) is 47.8 Å². The summed E-state index contributed by atoms with van der Waals surface area (Å²) in [4.78, 5) is 36.6. The Bertz CT molecular complexity index is 1320. The Labute approximate surface area is 188 Å². The van der Waals surface area contributed by atoms with Crippen LogP contribution in [-0.2, 0) is 0 Å². The molecule has 1 aliphatic carbocycles. The topological polar surface area (TPSA) is 135 Å². The van der Waals surface area contributed by atoms with Gasteiger partial charge in [0.05, 0.1) is 6.20 Å². The van der Waals surface area contributed by atoms with Crippen molar-refractivity contribution in [2.45, 2.75) is 51.6 Å². The second-order valence-corrected chi connectivity index (χ2v) is 8.19. The van der Waals surface area contributed by atoms with E-state index in [4.69, 9.17) is 4.42 Å². The van der Waals surface area contributed by atoms with Crippen molar-refractivity contribution in [2.75, 3.05) is 5.32 Å². The molecule has 0 aliphatic heterocycles. The summed E-state index contributed by atoms with van der Waals surface area (Å²) in [5.74, 6) is 0.664. The van der Waals surface area contributed by atoms with Crippen molar-refractivity contribution in [3.63, 3.8) is 0 Å². The molecule has 3 N–H and O–H groups in total. The highest BCUT2D eigenvalue weighted by Crippen LogP contribution is 2.27. The summed E-state index contributed by atoms with van der Waals surface area (Å²) >= 11 is 0. The van der Waals surface area contributed by atoms with Gasteiger partial charge in [-0.15, -0.1) is 0 Å². The van der Waals surface area contributed by atoms with Crippen LogP contribution in [0.5, 0.6) is 0 Å². The van der Waals surface area contributed by atoms with Gasteiger partial charge < -0.3 is 20.0 Å². The third-order valence-corrected chi connectivity index (χ3v) is 5.81. The molecule has 0 bridgehead atoms. The number of nitrogens with one attached hydrogen (secondary N) is 3. The molecular weight excluding hydrogens is 427 g/mol. The predicted molar refractivity (Wildman–Crippen MR) is 118 cm³/mol. The summed E-state index contributed by atoms with van der Waals surface area (Å²) in [7, 11) is 0. The molecule has 1 fully saturated rings. The fraction of sp³-hybridized carbons (Fsp3) is 0.364. The second kappa shape index (κ2) is 8.57. The Morgan fingerprint density at radius 1 is 1.18 bits per heavy atom. The summed E-state index contributed by atoms with van der Waals surface area (Å²) in [6.45, 7) is 3.42. The lowest BCUT2D eigenvalue weighted by molar-refractivity contribution is 0.0920. The summed E-state index contributed by atoms with van der Waals surface area (Å²) < 4.78 is 19.9. The van der Waals surface area contributed by atoms with Crippen LogP contribution in [-0.4, -0.2) is 47.9 Å². The number of fused-ring (bicyclic) bond motifs is 1. The number of carbonyl (C=O) groups is 1. The van der Waals surface area contributed by atoms with Crippen molar-refractivity contribution in [1.29, 1.82) is 0 Å². The SMILES string of the molecule is Cc1nc(C(=O)NC2CCCC(Nc3nc(-c4c[nH]c5ncncc45)ncc3F)C2)c(C)o1. The van der Waals surface area contributed by atoms with Gasteiger partial charge in [-0.3, -0.25) is 4.79 Å². The van der Waals surface area contributed by atoms with Gasteiger partial charge in [0, 0.05) is 42.4 Å². The minimum atomic E-state index is -0.533. The number of hydrogen-bond donors (Lipinski definition) is 3. The van der Waals surface area contributed by atoms with E-state index >= 15 is 0 Å². The Morgan fingerprint density at radius 2 is 2.03 bits per heavy atom. The molecule has 170 valence electrons. The van der Waals surface area contributed by atoms with Crippen LogP contribution in [0.25, 0.3) is 22.4 Å². The zero-order valence-corrected chi connectivity index (χ0v) is 18.2. The van der Waals surface area contributed by atoms with Crippen LogP contribution in [0, 0.1) is 19.7 Å². The average Bonchev–Trinajstić information content (AvgIpc) is 3.38. The molecule has 0 spiro atoms. The number of anilines is 1. The van der Waals surface area contributed by atoms with E-state index in [1.54, 1.807) is 26.2 Å². The highest BCUT2D eigenvalue weighted by Gasteiger charge is 2.26.